The Morgan fingerprint density at radius 2 is 1.83 bits per heavy atom. The van der Waals surface area contributed by atoms with Crippen LogP contribution < -0.4 is 5.32 Å². The van der Waals surface area contributed by atoms with Crippen LogP contribution in [0.25, 0.3) is 0 Å². The molecule has 0 bridgehead atoms. The second kappa shape index (κ2) is 9.27. The molecule has 0 saturated carbocycles. The summed E-state index contributed by atoms with van der Waals surface area (Å²) in [6.45, 7) is 7.22. The molecule has 1 amide bonds. The second-order valence-corrected chi connectivity index (χ2v) is 6.52. The largest absolute Gasteiger partial charge is 0.466 e. The first-order valence-electron chi connectivity index (χ1n) is 8.08. The Balaban J connectivity index is 2.78. The number of rotatable bonds is 7. The van der Waals surface area contributed by atoms with E-state index in [-0.39, 0.29) is 13.0 Å². The molecule has 0 fully saturated rings. The highest BCUT2D eigenvalue weighted by Gasteiger charge is 2.27. The fraction of sp³-hybridized carbons (Fsp3) is 0.556. The zero-order chi connectivity index (χ0) is 18.2. The Morgan fingerprint density at radius 3 is 2.38 bits per heavy atom. The second-order valence-electron chi connectivity index (χ2n) is 6.52. The Kier molecular flexibility index (Phi) is 7.71. The third kappa shape index (κ3) is 7.97. The highest BCUT2D eigenvalue weighted by molar-refractivity contribution is 5.71. The van der Waals surface area contributed by atoms with Gasteiger partial charge in [0.05, 0.1) is 25.2 Å². The maximum absolute atomic E-state index is 12.0. The SMILES string of the molecule is CCOC(=O)C[C@H](O)[C@H](Cc1ccccc1)NC(=O)OC(C)(C)C. The smallest absolute Gasteiger partial charge is 0.407 e. The summed E-state index contributed by atoms with van der Waals surface area (Å²) in [5, 5.41) is 13.0. The van der Waals surface area contributed by atoms with Gasteiger partial charge in [-0.15, -0.1) is 0 Å². The van der Waals surface area contributed by atoms with Crippen LogP contribution in [0.4, 0.5) is 4.79 Å². The first-order valence-corrected chi connectivity index (χ1v) is 8.08. The lowest BCUT2D eigenvalue weighted by Crippen LogP contribution is -2.47. The molecular formula is C18H27NO5. The lowest BCUT2D eigenvalue weighted by molar-refractivity contribution is -0.145. The van der Waals surface area contributed by atoms with Gasteiger partial charge in [0.1, 0.15) is 5.60 Å². The van der Waals surface area contributed by atoms with Crippen LogP contribution in [0.15, 0.2) is 30.3 Å². The van der Waals surface area contributed by atoms with Crippen molar-refractivity contribution in [2.24, 2.45) is 0 Å². The van der Waals surface area contributed by atoms with Gasteiger partial charge in [0.15, 0.2) is 0 Å². The molecule has 24 heavy (non-hydrogen) atoms. The van der Waals surface area contributed by atoms with Gasteiger partial charge in [-0.05, 0) is 39.7 Å². The van der Waals surface area contributed by atoms with Crippen molar-refractivity contribution in [2.75, 3.05) is 6.61 Å². The maximum atomic E-state index is 12.0. The number of amides is 1. The van der Waals surface area contributed by atoms with Crippen molar-refractivity contribution in [3.05, 3.63) is 35.9 Å². The van der Waals surface area contributed by atoms with Crippen LogP contribution in [-0.2, 0) is 20.7 Å². The molecule has 1 aromatic carbocycles. The average Bonchev–Trinajstić information content (AvgIpc) is 2.45. The van der Waals surface area contributed by atoms with Crippen LogP contribution in [-0.4, -0.2) is 41.5 Å². The van der Waals surface area contributed by atoms with E-state index in [0.717, 1.165) is 5.56 Å². The van der Waals surface area contributed by atoms with Crippen molar-refractivity contribution in [2.45, 2.75) is 58.3 Å². The van der Waals surface area contributed by atoms with E-state index in [4.69, 9.17) is 9.47 Å². The molecule has 2 atom stereocenters. The molecule has 0 aliphatic heterocycles. The summed E-state index contributed by atoms with van der Waals surface area (Å²) in [5.41, 5.74) is 0.287. The summed E-state index contributed by atoms with van der Waals surface area (Å²) in [6.07, 6.45) is -1.52. The molecule has 0 aromatic heterocycles. The van der Waals surface area contributed by atoms with Crippen molar-refractivity contribution in [3.8, 4) is 0 Å². The minimum atomic E-state index is -1.07. The molecule has 0 radical (unpaired) electrons. The summed E-state index contributed by atoms with van der Waals surface area (Å²) >= 11 is 0. The van der Waals surface area contributed by atoms with Crippen molar-refractivity contribution in [1.82, 2.24) is 5.32 Å². The van der Waals surface area contributed by atoms with Gasteiger partial charge < -0.3 is 19.9 Å². The van der Waals surface area contributed by atoms with Crippen LogP contribution >= 0.6 is 0 Å². The highest BCUT2D eigenvalue weighted by atomic mass is 16.6. The standard InChI is InChI=1S/C18H27NO5/c1-5-23-16(21)12-15(20)14(11-13-9-7-6-8-10-13)19-17(22)24-18(2,3)4/h6-10,14-15,20H,5,11-12H2,1-4H3,(H,19,22)/t14-,15-/m0/s1. The fourth-order valence-corrected chi connectivity index (χ4v) is 2.14. The van der Waals surface area contributed by atoms with Gasteiger partial charge >= 0.3 is 12.1 Å². The first kappa shape index (κ1) is 20.0. The van der Waals surface area contributed by atoms with Gasteiger partial charge in [0, 0.05) is 0 Å². The third-order valence-corrected chi connectivity index (χ3v) is 3.15. The van der Waals surface area contributed by atoms with Crippen molar-refractivity contribution in [3.63, 3.8) is 0 Å². The molecule has 0 heterocycles. The Bertz CT molecular complexity index is 524. The molecule has 1 rings (SSSR count). The molecule has 134 valence electrons. The number of hydrogen-bond acceptors (Lipinski definition) is 5. The van der Waals surface area contributed by atoms with Crippen LogP contribution in [0.1, 0.15) is 39.7 Å². The average molecular weight is 337 g/mol. The Hall–Kier alpha value is -2.08. The highest BCUT2D eigenvalue weighted by Crippen LogP contribution is 2.12. The Labute approximate surface area is 143 Å². The monoisotopic (exact) mass is 337 g/mol. The minimum absolute atomic E-state index is 0.193. The predicted molar refractivity (Wildman–Crippen MR) is 90.6 cm³/mol. The number of benzene rings is 1. The molecular weight excluding hydrogens is 310 g/mol. The summed E-state index contributed by atoms with van der Waals surface area (Å²) in [4.78, 5) is 23.6. The number of aliphatic hydroxyl groups excluding tert-OH is 1. The van der Waals surface area contributed by atoms with E-state index in [1.54, 1.807) is 27.7 Å². The number of nitrogens with one attached hydrogen (secondary N) is 1. The zero-order valence-corrected chi connectivity index (χ0v) is 14.7. The fourth-order valence-electron chi connectivity index (χ4n) is 2.14. The number of alkyl carbamates (subject to hydrolysis) is 1. The number of carbonyl (C=O) groups is 2. The Morgan fingerprint density at radius 1 is 1.21 bits per heavy atom. The molecule has 2 N–H and O–H groups in total. The van der Waals surface area contributed by atoms with E-state index in [2.05, 4.69) is 5.32 Å². The molecule has 0 aliphatic carbocycles. The van der Waals surface area contributed by atoms with Crippen LogP contribution in [0.5, 0.6) is 0 Å². The molecule has 0 unspecified atom stereocenters. The molecule has 1 aromatic rings. The van der Waals surface area contributed by atoms with Gasteiger partial charge in [-0.3, -0.25) is 4.79 Å². The van der Waals surface area contributed by atoms with E-state index in [1.165, 1.54) is 0 Å². The lowest BCUT2D eigenvalue weighted by Gasteiger charge is -2.26. The summed E-state index contributed by atoms with van der Waals surface area (Å²) in [7, 11) is 0. The van der Waals surface area contributed by atoms with Gasteiger partial charge in [0.2, 0.25) is 0 Å². The normalized spacial score (nSPS) is 13.7. The molecule has 0 aliphatic rings. The summed E-state index contributed by atoms with van der Waals surface area (Å²) in [6, 6.07) is 8.75. The molecule has 6 nitrogen and oxygen atoms in total. The van der Waals surface area contributed by atoms with Crippen molar-refractivity contribution >= 4 is 12.1 Å². The van der Waals surface area contributed by atoms with E-state index in [9.17, 15) is 14.7 Å². The van der Waals surface area contributed by atoms with Gasteiger partial charge in [-0.1, -0.05) is 30.3 Å². The van der Waals surface area contributed by atoms with Crippen LogP contribution in [0.3, 0.4) is 0 Å². The number of aliphatic hydroxyl groups is 1. The lowest BCUT2D eigenvalue weighted by atomic mass is 9.99. The summed E-state index contributed by atoms with van der Waals surface area (Å²) in [5.74, 6) is -0.506. The first-order chi connectivity index (χ1) is 11.2. The van der Waals surface area contributed by atoms with Gasteiger partial charge in [0.25, 0.3) is 0 Å². The van der Waals surface area contributed by atoms with E-state index in [1.807, 2.05) is 30.3 Å². The van der Waals surface area contributed by atoms with Gasteiger partial charge in [-0.25, -0.2) is 4.79 Å². The van der Waals surface area contributed by atoms with Crippen molar-refractivity contribution in [1.29, 1.82) is 0 Å². The maximum Gasteiger partial charge on any atom is 0.407 e. The van der Waals surface area contributed by atoms with Crippen LogP contribution in [0, 0.1) is 0 Å². The third-order valence-electron chi connectivity index (χ3n) is 3.15. The summed E-state index contributed by atoms with van der Waals surface area (Å²) < 4.78 is 10.1. The van der Waals surface area contributed by atoms with E-state index >= 15 is 0 Å². The number of carbonyl (C=O) groups excluding carboxylic acids is 2. The molecule has 6 heteroatoms. The minimum Gasteiger partial charge on any atom is -0.466 e. The molecule has 0 saturated heterocycles. The number of ether oxygens (including phenoxy) is 2. The van der Waals surface area contributed by atoms with E-state index < -0.39 is 29.8 Å². The molecule has 0 spiro atoms. The number of hydrogen-bond donors (Lipinski definition) is 2. The quantitative estimate of drug-likeness (QED) is 0.747. The van der Waals surface area contributed by atoms with Gasteiger partial charge in [-0.2, -0.15) is 0 Å². The topological polar surface area (TPSA) is 84.9 Å². The number of esters is 1. The van der Waals surface area contributed by atoms with E-state index in [0.29, 0.717) is 6.42 Å². The van der Waals surface area contributed by atoms with Crippen LogP contribution in [0.2, 0.25) is 0 Å². The zero-order valence-electron chi connectivity index (χ0n) is 14.7. The van der Waals surface area contributed by atoms with Crippen molar-refractivity contribution < 1.29 is 24.2 Å². The predicted octanol–water partition coefficient (Wildman–Crippen LogP) is 2.44.